The average Bonchev–Trinajstić information content (AvgIpc) is 2.80. The predicted molar refractivity (Wildman–Crippen MR) is 136 cm³/mol. The Morgan fingerprint density at radius 1 is 1.06 bits per heavy atom. The Bertz CT molecular complexity index is 892. The molecule has 0 aliphatic heterocycles. The third kappa shape index (κ3) is 14.1. The van der Waals surface area contributed by atoms with Gasteiger partial charge in [0.1, 0.15) is 11.8 Å². The van der Waals surface area contributed by atoms with E-state index in [4.69, 9.17) is 16.6 Å². The van der Waals surface area contributed by atoms with Crippen LogP contribution in [-0.4, -0.2) is 52.6 Å². The van der Waals surface area contributed by atoms with Crippen molar-refractivity contribution in [3.8, 4) is 5.75 Å². The van der Waals surface area contributed by atoms with Gasteiger partial charge in [0.15, 0.2) is 5.96 Å². The van der Waals surface area contributed by atoms with Crippen LogP contribution in [0.5, 0.6) is 5.75 Å². The van der Waals surface area contributed by atoms with Crippen LogP contribution in [-0.2, 0) is 20.8 Å². The summed E-state index contributed by atoms with van der Waals surface area (Å²) in [4.78, 5) is 40.4. The van der Waals surface area contributed by atoms with E-state index in [0.29, 0.717) is 19.4 Å². The van der Waals surface area contributed by atoms with Crippen molar-refractivity contribution in [1.82, 2.24) is 10.6 Å². The van der Waals surface area contributed by atoms with E-state index in [-0.39, 0.29) is 18.1 Å². The van der Waals surface area contributed by atoms with Gasteiger partial charge in [0, 0.05) is 25.1 Å². The molecule has 1 aromatic carbocycles. The molecule has 0 bridgehead atoms. The largest absolute Gasteiger partial charge is 0.508 e. The first-order chi connectivity index (χ1) is 16.7. The zero-order valence-corrected chi connectivity index (χ0v) is 20.2. The number of guanidine groups is 1. The summed E-state index contributed by atoms with van der Waals surface area (Å²) in [5.74, 6) is -1.96. The number of nitrogens with two attached hydrogens (primary N) is 2. The summed E-state index contributed by atoms with van der Waals surface area (Å²) >= 11 is 0. The number of carbonyl (C=O) groups excluding carboxylic acids is 2. The molecule has 0 aliphatic carbocycles. The molecule has 0 spiro atoms. The van der Waals surface area contributed by atoms with Gasteiger partial charge >= 0.3 is 5.97 Å². The summed E-state index contributed by atoms with van der Waals surface area (Å²) in [6.45, 7) is 2.43. The molecular weight excluding hydrogens is 450 g/mol. The third-order valence-electron chi connectivity index (χ3n) is 5.02. The molecule has 0 aromatic heterocycles. The number of nitrogens with one attached hydrogen (secondary N) is 2. The van der Waals surface area contributed by atoms with Crippen LogP contribution in [0.3, 0.4) is 0 Å². The van der Waals surface area contributed by atoms with Crippen molar-refractivity contribution in [2.75, 3.05) is 6.54 Å². The highest BCUT2D eigenvalue weighted by Gasteiger charge is 2.22. The van der Waals surface area contributed by atoms with Crippen LogP contribution < -0.4 is 22.1 Å². The molecule has 8 N–H and O–H groups in total. The van der Waals surface area contributed by atoms with E-state index >= 15 is 0 Å². The summed E-state index contributed by atoms with van der Waals surface area (Å²) < 4.78 is 0. The van der Waals surface area contributed by atoms with Crippen LogP contribution in [0, 0.1) is 0 Å². The smallest absolute Gasteiger partial charge is 0.328 e. The number of aliphatic carboxylic acids is 1. The molecule has 1 aromatic rings. The maximum atomic E-state index is 13.1. The number of phenols is 1. The first kappa shape index (κ1) is 29.2. The molecule has 0 radical (unpaired) electrons. The quantitative estimate of drug-likeness (QED) is 0.0888. The van der Waals surface area contributed by atoms with Crippen LogP contribution in [0.2, 0.25) is 0 Å². The van der Waals surface area contributed by atoms with E-state index in [1.54, 1.807) is 18.2 Å². The second kappa shape index (κ2) is 16.7. The SMILES string of the molecule is CCCCCC=CC(=O)NC(Cc1ccc(O)cc1)C(=O)NC(C=CC(=O)O)CCCN=C(N)N. The Hall–Kier alpha value is -3.82. The first-order valence-electron chi connectivity index (χ1n) is 11.7. The molecule has 0 saturated heterocycles. The molecular formula is C25H37N5O5. The third-order valence-corrected chi connectivity index (χ3v) is 5.02. The zero-order chi connectivity index (χ0) is 26.1. The Labute approximate surface area is 206 Å². The van der Waals surface area contributed by atoms with Crippen LogP contribution in [0.1, 0.15) is 51.0 Å². The molecule has 0 heterocycles. The van der Waals surface area contributed by atoms with Gasteiger partial charge in [-0.15, -0.1) is 0 Å². The Morgan fingerprint density at radius 3 is 2.40 bits per heavy atom. The van der Waals surface area contributed by atoms with E-state index in [2.05, 4.69) is 22.5 Å². The zero-order valence-electron chi connectivity index (χ0n) is 20.2. The van der Waals surface area contributed by atoms with E-state index < -0.39 is 29.9 Å². The highest BCUT2D eigenvalue weighted by atomic mass is 16.4. The molecule has 10 heteroatoms. The van der Waals surface area contributed by atoms with Crippen molar-refractivity contribution >= 4 is 23.7 Å². The Balaban J connectivity index is 2.93. The van der Waals surface area contributed by atoms with Gasteiger partial charge in [0.05, 0.1) is 0 Å². The number of hydrogen-bond acceptors (Lipinski definition) is 5. The van der Waals surface area contributed by atoms with Crippen molar-refractivity contribution in [1.29, 1.82) is 0 Å². The lowest BCUT2D eigenvalue weighted by Gasteiger charge is -2.21. The minimum absolute atomic E-state index is 0.0499. The monoisotopic (exact) mass is 487 g/mol. The normalized spacial score (nSPS) is 12.8. The molecule has 2 atom stereocenters. The number of carboxylic acids is 1. The number of rotatable bonds is 16. The molecule has 10 nitrogen and oxygen atoms in total. The number of amides is 2. The number of allylic oxidation sites excluding steroid dienone is 1. The van der Waals surface area contributed by atoms with E-state index in [1.807, 2.05) is 0 Å². The molecule has 192 valence electrons. The lowest BCUT2D eigenvalue weighted by molar-refractivity contribution is -0.131. The van der Waals surface area contributed by atoms with Gasteiger partial charge in [-0.3, -0.25) is 14.6 Å². The summed E-state index contributed by atoms with van der Waals surface area (Å²) in [6.07, 6.45) is 10.5. The average molecular weight is 488 g/mol. The summed E-state index contributed by atoms with van der Waals surface area (Å²) in [5.41, 5.74) is 11.4. The van der Waals surface area contributed by atoms with Gasteiger partial charge < -0.3 is 32.3 Å². The van der Waals surface area contributed by atoms with E-state index in [9.17, 15) is 19.5 Å². The number of hydrogen-bond donors (Lipinski definition) is 6. The molecule has 35 heavy (non-hydrogen) atoms. The number of unbranched alkanes of at least 4 members (excludes halogenated alkanes) is 3. The molecule has 0 fully saturated rings. The Morgan fingerprint density at radius 2 is 1.77 bits per heavy atom. The number of nitrogens with zero attached hydrogens (tertiary/aromatic N) is 1. The minimum Gasteiger partial charge on any atom is -0.508 e. The summed E-state index contributed by atoms with van der Waals surface area (Å²) in [7, 11) is 0. The number of phenolic OH excluding ortho intramolecular Hbond substituents is 1. The predicted octanol–water partition coefficient (Wildman–Crippen LogP) is 1.74. The van der Waals surface area contributed by atoms with Crippen molar-refractivity contribution in [3.05, 3.63) is 54.1 Å². The Kier molecular flexibility index (Phi) is 14.0. The van der Waals surface area contributed by atoms with Crippen molar-refractivity contribution in [2.24, 2.45) is 16.5 Å². The summed E-state index contributed by atoms with van der Waals surface area (Å²) in [6, 6.07) is 4.82. The fourth-order valence-electron chi connectivity index (χ4n) is 3.22. The van der Waals surface area contributed by atoms with Crippen molar-refractivity contribution < 1.29 is 24.6 Å². The summed E-state index contributed by atoms with van der Waals surface area (Å²) in [5, 5.41) is 24.0. The van der Waals surface area contributed by atoms with E-state index in [0.717, 1.165) is 37.3 Å². The van der Waals surface area contributed by atoms with Gasteiger partial charge in [0.2, 0.25) is 11.8 Å². The topological polar surface area (TPSA) is 180 Å². The van der Waals surface area contributed by atoms with Gasteiger partial charge in [-0.25, -0.2) is 4.79 Å². The highest BCUT2D eigenvalue weighted by Crippen LogP contribution is 2.12. The van der Waals surface area contributed by atoms with Crippen molar-refractivity contribution in [2.45, 2.75) is 64.0 Å². The van der Waals surface area contributed by atoms with Gasteiger partial charge in [0.25, 0.3) is 0 Å². The van der Waals surface area contributed by atoms with Crippen LogP contribution >= 0.6 is 0 Å². The maximum absolute atomic E-state index is 13.1. The molecule has 0 saturated carbocycles. The number of carbonyl (C=O) groups is 3. The minimum atomic E-state index is -1.14. The van der Waals surface area contributed by atoms with Gasteiger partial charge in [-0.1, -0.05) is 44.1 Å². The van der Waals surface area contributed by atoms with Gasteiger partial charge in [-0.05, 0) is 49.5 Å². The lowest BCUT2D eigenvalue weighted by Crippen LogP contribution is -2.50. The van der Waals surface area contributed by atoms with E-state index in [1.165, 1.54) is 24.3 Å². The number of carboxylic acid groups (broad SMARTS) is 1. The standard InChI is InChI=1S/C25H37N5O5/c1-2-3-4-5-6-9-22(32)30-21(17-18-10-13-20(31)14-11-18)24(35)29-19(12-15-23(33)34)8-7-16-28-25(26)27/h6,9-15,19,21,31H,2-5,7-8,16-17H2,1H3,(H,29,35)(H,30,32)(H,33,34)(H4,26,27,28). The molecule has 1 rings (SSSR count). The van der Waals surface area contributed by atoms with Crippen molar-refractivity contribution in [3.63, 3.8) is 0 Å². The molecule has 0 aliphatic rings. The first-order valence-corrected chi connectivity index (χ1v) is 11.7. The van der Waals surface area contributed by atoms with Gasteiger partial charge in [-0.2, -0.15) is 0 Å². The number of aliphatic imine (C=N–C) groups is 1. The van der Waals surface area contributed by atoms with Crippen LogP contribution in [0.25, 0.3) is 0 Å². The fraction of sp³-hybridized carbons (Fsp3) is 0.440. The van der Waals surface area contributed by atoms with Crippen LogP contribution in [0.15, 0.2) is 53.6 Å². The molecule has 2 unspecified atom stereocenters. The number of aromatic hydroxyl groups is 1. The fourth-order valence-corrected chi connectivity index (χ4v) is 3.22. The second-order valence-electron chi connectivity index (χ2n) is 8.09. The highest BCUT2D eigenvalue weighted by molar-refractivity contribution is 5.93. The second-order valence-corrected chi connectivity index (χ2v) is 8.09. The van der Waals surface area contributed by atoms with Crippen LogP contribution in [0.4, 0.5) is 0 Å². The lowest BCUT2D eigenvalue weighted by atomic mass is 10.0. The molecule has 2 amide bonds. The number of benzene rings is 1. The maximum Gasteiger partial charge on any atom is 0.328 e.